The predicted octanol–water partition coefficient (Wildman–Crippen LogP) is 3.06. The Labute approximate surface area is 121 Å². The fraction of sp³-hybridized carbons (Fsp3) is 0.333. The molecular formula is C12H14N3O3S2-. The van der Waals surface area contributed by atoms with E-state index in [-0.39, 0.29) is 15.9 Å². The summed E-state index contributed by atoms with van der Waals surface area (Å²) in [5.74, 6) is 0.780. The van der Waals surface area contributed by atoms with E-state index in [2.05, 4.69) is 14.9 Å². The number of nitrogens with zero attached hydrogens (tertiary/aromatic N) is 3. The quantitative estimate of drug-likeness (QED) is 0.847. The largest absolute Gasteiger partial charge is 0.497 e. The molecule has 0 aliphatic heterocycles. The Morgan fingerprint density at radius 2 is 1.85 bits per heavy atom. The average Bonchev–Trinajstić information content (AvgIpc) is 2.87. The highest BCUT2D eigenvalue weighted by atomic mass is 32.2. The first-order valence-electron chi connectivity index (χ1n) is 5.88. The summed E-state index contributed by atoms with van der Waals surface area (Å²) in [6.07, 6.45) is 0. The van der Waals surface area contributed by atoms with Gasteiger partial charge in [0.25, 0.3) is 0 Å². The molecule has 0 aliphatic rings. The first-order valence-corrected chi connectivity index (χ1v) is 8.13. The van der Waals surface area contributed by atoms with Gasteiger partial charge in [0.1, 0.15) is 5.75 Å². The third kappa shape index (κ3) is 3.26. The zero-order valence-corrected chi connectivity index (χ0v) is 12.9. The van der Waals surface area contributed by atoms with Crippen LogP contribution in [0.4, 0.5) is 5.13 Å². The molecule has 20 heavy (non-hydrogen) atoms. The Hall–Kier alpha value is -1.67. The van der Waals surface area contributed by atoms with E-state index >= 15 is 0 Å². The van der Waals surface area contributed by atoms with Gasteiger partial charge in [-0.3, -0.25) is 5.10 Å². The van der Waals surface area contributed by atoms with E-state index in [9.17, 15) is 8.42 Å². The Kier molecular flexibility index (Phi) is 4.24. The Morgan fingerprint density at radius 1 is 1.20 bits per heavy atom. The number of benzene rings is 1. The first kappa shape index (κ1) is 14.7. The van der Waals surface area contributed by atoms with Crippen LogP contribution >= 0.6 is 11.3 Å². The zero-order chi connectivity index (χ0) is 14.8. The molecule has 0 saturated heterocycles. The number of sulfonamides is 1. The van der Waals surface area contributed by atoms with Crippen LogP contribution in [0.5, 0.6) is 5.75 Å². The maximum absolute atomic E-state index is 12.1. The summed E-state index contributed by atoms with van der Waals surface area (Å²) in [5.41, 5.74) is 0. The number of methoxy groups -OCH3 is 1. The van der Waals surface area contributed by atoms with Crippen molar-refractivity contribution in [2.75, 3.05) is 7.11 Å². The van der Waals surface area contributed by atoms with Gasteiger partial charge in [0.05, 0.1) is 17.0 Å². The van der Waals surface area contributed by atoms with Gasteiger partial charge in [-0.25, -0.2) is 8.42 Å². The number of rotatable bonds is 5. The van der Waals surface area contributed by atoms with Crippen molar-refractivity contribution in [1.29, 1.82) is 0 Å². The monoisotopic (exact) mass is 312 g/mol. The van der Waals surface area contributed by atoms with Gasteiger partial charge in [0, 0.05) is 11.0 Å². The molecule has 0 radical (unpaired) electrons. The molecule has 0 fully saturated rings. The molecule has 0 saturated carbocycles. The molecule has 0 amide bonds. The number of ether oxygens (including phenoxy) is 1. The molecule has 8 heteroatoms. The minimum atomic E-state index is -3.77. The molecule has 0 N–H and O–H groups in total. The Morgan fingerprint density at radius 3 is 2.35 bits per heavy atom. The van der Waals surface area contributed by atoms with Crippen molar-refractivity contribution in [1.82, 2.24) is 10.2 Å². The van der Waals surface area contributed by atoms with E-state index < -0.39 is 10.0 Å². The molecular weight excluding hydrogens is 298 g/mol. The van der Waals surface area contributed by atoms with Crippen LogP contribution < -0.4 is 4.74 Å². The molecule has 0 unspecified atom stereocenters. The summed E-state index contributed by atoms with van der Waals surface area (Å²) in [6, 6.07) is 6.04. The second-order valence-corrected chi connectivity index (χ2v) is 6.91. The van der Waals surface area contributed by atoms with Crippen LogP contribution in [0.2, 0.25) is 0 Å². The summed E-state index contributed by atoms with van der Waals surface area (Å²) in [6.45, 7) is 3.92. The minimum Gasteiger partial charge on any atom is -0.497 e. The molecule has 0 spiro atoms. The Bertz CT molecular complexity index is 678. The van der Waals surface area contributed by atoms with E-state index in [1.165, 1.54) is 30.6 Å². The van der Waals surface area contributed by atoms with Gasteiger partial charge in [0.2, 0.25) is 10.0 Å². The smallest absolute Gasteiger partial charge is 0.203 e. The summed E-state index contributed by atoms with van der Waals surface area (Å²) in [4.78, 5) is 0.0968. The average molecular weight is 312 g/mol. The highest BCUT2D eigenvalue weighted by molar-refractivity contribution is 7.94. The van der Waals surface area contributed by atoms with Gasteiger partial charge in [0.15, 0.2) is 0 Å². The van der Waals surface area contributed by atoms with Crippen LogP contribution in [0.25, 0.3) is 4.72 Å². The lowest BCUT2D eigenvalue weighted by Gasteiger charge is -2.11. The van der Waals surface area contributed by atoms with Crippen LogP contribution in [0.1, 0.15) is 24.8 Å². The van der Waals surface area contributed by atoms with Crippen LogP contribution in [-0.4, -0.2) is 25.7 Å². The molecule has 0 atom stereocenters. The lowest BCUT2D eigenvalue weighted by atomic mass is 10.2. The fourth-order valence-electron chi connectivity index (χ4n) is 1.40. The van der Waals surface area contributed by atoms with E-state index in [0.29, 0.717) is 5.75 Å². The van der Waals surface area contributed by atoms with Crippen molar-refractivity contribution < 1.29 is 13.2 Å². The fourth-order valence-corrected chi connectivity index (χ4v) is 3.26. The van der Waals surface area contributed by atoms with Gasteiger partial charge in [-0.2, -0.15) is 0 Å². The third-order valence-electron chi connectivity index (χ3n) is 2.48. The second-order valence-electron chi connectivity index (χ2n) is 4.32. The summed E-state index contributed by atoms with van der Waals surface area (Å²) >= 11 is 1.18. The summed E-state index contributed by atoms with van der Waals surface area (Å²) < 4.78 is 32.9. The van der Waals surface area contributed by atoms with Crippen LogP contribution in [0.3, 0.4) is 0 Å². The Balaban J connectivity index is 2.21. The van der Waals surface area contributed by atoms with Crippen molar-refractivity contribution in [2.24, 2.45) is 0 Å². The number of aromatic nitrogens is 2. The third-order valence-corrected chi connectivity index (χ3v) is 4.99. The summed E-state index contributed by atoms with van der Waals surface area (Å²) in [7, 11) is -2.26. The normalized spacial score (nSPS) is 11.6. The summed E-state index contributed by atoms with van der Waals surface area (Å²) in [5, 5.41) is 8.59. The molecule has 0 aliphatic carbocycles. The number of hydrogen-bond acceptors (Lipinski definition) is 6. The van der Waals surface area contributed by atoms with Crippen molar-refractivity contribution >= 4 is 26.5 Å². The topological polar surface area (TPSA) is 83.3 Å². The molecule has 108 valence electrons. The van der Waals surface area contributed by atoms with Gasteiger partial charge in [-0.15, -0.1) is 11.3 Å². The van der Waals surface area contributed by atoms with Gasteiger partial charge >= 0.3 is 0 Å². The highest BCUT2D eigenvalue weighted by Gasteiger charge is 2.11. The van der Waals surface area contributed by atoms with Gasteiger partial charge in [-0.1, -0.05) is 13.8 Å². The molecule has 6 nitrogen and oxygen atoms in total. The predicted molar refractivity (Wildman–Crippen MR) is 77.2 cm³/mol. The van der Waals surface area contributed by atoms with E-state index in [0.717, 1.165) is 5.01 Å². The van der Waals surface area contributed by atoms with Crippen molar-refractivity contribution in [3.63, 3.8) is 0 Å². The van der Waals surface area contributed by atoms with Crippen LogP contribution in [0.15, 0.2) is 29.2 Å². The molecule has 0 bridgehead atoms. The minimum absolute atomic E-state index is 0.0968. The lowest BCUT2D eigenvalue weighted by molar-refractivity contribution is 0.414. The van der Waals surface area contributed by atoms with Crippen molar-refractivity contribution in [2.45, 2.75) is 24.7 Å². The first-order chi connectivity index (χ1) is 9.42. The number of hydrogen-bond donors (Lipinski definition) is 0. The maximum atomic E-state index is 12.1. The van der Waals surface area contributed by atoms with Crippen molar-refractivity contribution in [3.8, 4) is 5.75 Å². The van der Waals surface area contributed by atoms with Crippen LogP contribution in [0, 0.1) is 0 Å². The molecule has 1 heterocycles. The van der Waals surface area contributed by atoms with E-state index in [1.807, 2.05) is 13.8 Å². The standard InChI is InChI=1S/C12H14N3O3S2/c1-8(2)11-13-14-12(19-11)15-20(16,17)10-6-4-9(18-3)5-7-10/h4-8H,1-3H3/q-1. The highest BCUT2D eigenvalue weighted by Crippen LogP contribution is 2.33. The SMILES string of the molecule is COc1ccc(S(=O)(=O)[N-]c2nnc(C(C)C)s2)cc1. The second kappa shape index (κ2) is 5.76. The lowest BCUT2D eigenvalue weighted by Crippen LogP contribution is -1.97. The maximum Gasteiger partial charge on any atom is 0.203 e. The zero-order valence-electron chi connectivity index (χ0n) is 11.3. The molecule has 1 aromatic carbocycles. The van der Waals surface area contributed by atoms with E-state index in [1.54, 1.807) is 12.1 Å². The van der Waals surface area contributed by atoms with Crippen LogP contribution in [-0.2, 0) is 10.0 Å². The molecule has 1 aromatic heterocycles. The van der Waals surface area contributed by atoms with Gasteiger partial charge in [-0.05, 0) is 24.3 Å². The van der Waals surface area contributed by atoms with Crippen molar-refractivity contribution in [3.05, 3.63) is 34.0 Å². The van der Waals surface area contributed by atoms with E-state index in [4.69, 9.17) is 4.74 Å². The molecule has 2 rings (SSSR count). The van der Waals surface area contributed by atoms with Gasteiger partial charge < -0.3 is 14.6 Å². The molecule has 2 aromatic rings.